The minimum atomic E-state index is 0.0903. The van der Waals surface area contributed by atoms with E-state index in [9.17, 15) is 9.59 Å². The van der Waals surface area contributed by atoms with E-state index < -0.39 is 0 Å². The van der Waals surface area contributed by atoms with Crippen LogP contribution in [0.15, 0.2) is 10.6 Å². The van der Waals surface area contributed by atoms with Crippen LogP contribution in [0.4, 0.5) is 0 Å². The first-order valence-corrected chi connectivity index (χ1v) is 11.1. The van der Waals surface area contributed by atoms with Crippen LogP contribution in [0.3, 0.4) is 0 Å². The SMILES string of the molecule is C[C@@H](CC(=O)c1cc(C2CC2)on1)C1CCN(C(=O)CC2CCNCC2)CC1. The maximum atomic E-state index is 12.6. The highest BCUT2D eigenvalue weighted by atomic mass is 16.5. The Balaban J connectivity index is 1.21. The van der Waals surface area contributed by atoms with E-state index in [1.807, 2.05) is 11.0 Å². The molecule has 1 atom stereocenters. The summed E-state index contributed by atoms with van der Waals surface area (Å²) in [5.74, 6) is 3.13. The minimum absolute atomic E-state index is 0.0903. The molecule has 3 heterocycles. The summed E-state index contributed by atoms with van der Waals surface area (Å²) in [5, 5.41) is 7.34. The van der Waals surface area contributed by atoms with E-state index in [0.717, 1.165) is 70.5 Å². The second-order valence-corrected chi connectivity index (χ2v) is 9.11. The number of likely N-dealkylation sites (tertiary alicyclic amines) is 1. The predicted molar refractivity (Wildman–Crippen MR) is 106 cm³/mol. The molecule has 1 aliphatic carbocycles. The molecule has 2 aliphatic heterocycles. The van der Waals surface area contributed by atoms with Crippen molar-refractivity contribution in [2.45, 2.75) is 64.2 Å². The third kappa shape index (κ3) is 4.83. The van der Waals surface area contributed by atoms with Gasteiger partial charge in [-0.25, -0.2) is 0 Å². The molecule has 0 unspecified atom stereocenters. The van der Waals surface area contributed by atoms with Crippen molar-refractivity contribution in [1.29, 1.82) is 0 Å². The molecule has 0 radical (unpaired) electrons. The highest BCUT2D eigenvalue weighted by Crippen LogP contribution is 2.40. The molecule has 1 amide bonds. The summed E-state index contributed by atoms with van der Waals surface area (Å²) in [5.41, 5.74) is 0.489. The molecule has 4 rings (SSSR count). The van der Waals surface area contributed by atoms with E-state index in [4.69, 9.17) is 4.52 Å². The number of ketones is 1. The number of aromatic nitrogens is 1. The van der Waals surface area contributed by atoms with Gasteiger partial charge in [0.15, 0.2) is 5.78 Å². The number of nitrogens with zero attached hydrogens (tertiary/aromatic N) is 2. The molecular formula is C22H33N3O3. The maximum Gasteiger partial charge on any atom is 0.222 e. The maximum absolute atomic E-state index is 12.6. The highest BCUT2D eigenvalue weighted by molar-refractivity contribution is 5.94. The summed E-state index contributed by atoms with van der Waals surface area (Å²) >= 11 is 0. The zero-order valence-electron chi connectivity index (χ0n) is 17.0. The van der Waals surface area contributed by atoms with Crippen LogP contribution in [0.25, 0.3) is 0 Å². The Bertz CT molecular complexity index is 683. The van der Waals surface area contributed by atoms with Crippen LogP contribution < -0.4 is 5.32 Å². The van der Waals surface area contributed by atoms with Crippen LogP contribution in [0, 0.1) is 17.8 Å². The number of carbonyl (C=O) groups is 2. The van der Waals surface area contributed by atoms with Gasteiger partial charge in [-0.05, 0) is 69.4 Å². The van der Waals surface area contributed by atoms with Gasteiger partial charge >= 0.3 is 0 Å². The van der Waals surface area contributed by atoms with Crippen molar-refractivity contribution in [3.05, 3.63) is 17.5 Å². The summed E-state index contributed by atoms with van der Waals surface area (Å²) in [6.07, 6.45) is 7.75. The second-order valence-electron chi connectivity index (χ2n) is 9.11. The summed E-state index contributed by atoms with van der Waals surface area (Å²) in [4.78, 5) is 27.2. The average molecular weight is 388 g/mol. The minimum Gasteiger partial charge on any atom is -0.360 e. The first kappa shape index (κ1) is 19.6. The Labute approximate surface area is 167 Å². The van der Waals surface area contributed by atoms with Gasteiger partial charge in [0, 0.05) is 37.9 Å². The molecule has 1 aromatic heterocycles. The molecular weight excluding hydrogens is 354 g/mol. The number of Topliss-reactive ketones (excluding diaryl/α,β-unsaturated/α-hetero) is 1. The molecule has 6 heteroatoms. The van der Waals surface area contributed by atoms with Gasteiger partial charge in [0.2, 0.25) is 5.91 Å². The Morgan fingerprint density at radius 1 is 1.18 bits per heavy atom. The molecule has 2 saturated heterocycles. The average Bonchev–Trinajstić information content (AvgIpc) is 3.45. The Morgan fingerprint density at radius 3 is 2.57 bits per heavy atom. The van der Waals surface area contributed by atoms with Crippen molar-refractivity contribution in [2.75, 3.05) is 26.2 Å². The van der Waals surface area contributed by atoms with Crippen molar-refractivity contribution in [1.82, 2.24) is 15.4 Å². The van der Waals surface area contributed by atoms with E-state index in [-0.39, 0.29) is 5.78 Å². The molecule has 3 aliphatic rings. The van der Waals surface area contributed by atoms with E-state index in [0.29, 0.717) is 48.1 Å². The fourth-order valence-corrected chi connectivity index (χ4v) is 4.72. The topological polar surface area (TPSA) is 75.4 Å². The predicted octanol–water partition coefficient (Wildman–Crippen LogP) is 3.39. The lowest BCUT2D eigenvalue weighted by Crippen LogP contribution is -2.41. The van der Waals surface area contributed by atoms with Gasteiger partial charge in [-0.3, -0.25) is 9.59 Å². The van der Waals surface area contributed by atoms with Crippen LogP contribution in [-0.4, -0.2) is 47.9 Å². The van der Waals surface area contributed by atoms with Crippen molar-refractivity contribution in [2.24, 2.45) is 17.8 Å². The van der Waals surface area contributed by atoms with E-state index in [1.165, 1.54) is 0 Å². The van der Waals surface area contributed by atoms with Crippen LogP contribution in [0.5, 0.6) is 0 Å². The van der Waals surface area contributed by atoms with E-state index in [1.54, 1.807) is 0 Å². The second kappa shape index (κ2) is 8.76. The molecule has 0 bridgehead atoms. The number of hydrogen-bond donors (Lipinski definition) is 1. The quantitative estimate of drug-likeness (QED) is 0.726. The van der Waals surface area contributed by atoms with Gasteiger partial charge in [-0.2, -0.15) is 0 Å². The molecule has 3 fully saturated rings. The third-order valence-electron chi connectivity index (χ3n) is 6.92. The molecule has 1 N–H and O–H groups in total. The molecule has 0 spiro atoms. The van der Waals surface area contributed by atoms with Crippen molar-refractivity contribution < 1.29 is 14.1 Å². The molecule has 6 nitrogen and oxygen atoms in total. The van der Waals surface area contributed by atoms with E-state index >= 15 is 0 Å². The largest absolute Gasteiger partial charge is 0.360 e. The standard InChI is InChI=1S/C22H33N3O3/c1-15(12-20(26)19-14-21(28-24-19)18-2-3-18)17-6-10-25(11-7-17)22(27)13-16-4-8-23-9-5-16/h14-18,23H,2-13H2,1H3/t15-/m0/s1. The number of carbonyl (C=O) groups excluding carboxylic acids is 2. The zero-order chi connectivity index (χ0) is 19.5. The number of nitrogens with one attached hydrogen (secondary N) is 1. The van der Waals surface area contributed by atoms with E-state index in [2.05, 4.69) is 17.4 Å². The Morgan fingerprint density at radius 2 is 1.89 bits per heavy atom. The third-order valence-corrected chi connectivity index (χ3v) is 6.92. The van der Waals surface area contributed by atoms with Crippen molar-refractivity contribution in [3.63, 3.8) is 0 Å². The molecule has 28 heavy (non-hydrogen) atoms. The fraction of sp³-hybridized carbons (Fsp3) is 0.773. The van der Waals surface area contributed by atoms with Gasteiger partial charge in [0.25, 0.3) is 0 Å². The van der Waals surface area contributed by atoms with Gasteiger partial charge in [-0.15, -0.1) is 0 Å². The van der Waals surface area contributed by atoms with Gasteiger partial charge < -0.3 is 14.7 Å². The van der Waals surface area contributed by atoms with Crippen LogP contribution in [0.2, 0.25) is 0 Å². The number of rotatable bonds is 7. The number of piperidine rings is 2. The van der Waals surface area contributed by atoms with Gasteiger partial charge in [0.1, 0.15) is 11.5 Å². The summed E-state index contributed by atoms with van der Waals surface area (Å²) in [6.45, 7) is 5.92. The summed E-state index contributed by atoms with van der Waals surface area (Å²) in [6, 6.07) is 1.84. The van der Waals surface area contributed by atoms with Gasteiger partial charge in [-0.1, -0.05) is 12.1 Å². The monoisotopic (exact) mass is 387 g/mol. The lowest BCUT2D eigenvalue weighted by atomic mass is 9.82. The molecule has 1 aromatic rings. The normalized spacial score (nSPS) is 23.0. The lowest BCUT2D eigenvalue weighted by Gasteiger charge is -2.35. The Kier molecular flexibility index (Phi) is 6.14. The number of amides is 1. The Hall–Kier alpha value is -1.69. The van der Waals surface area contributed by atoms with Crippen LogP contribution in [-0.2, 0) is 4.79 Å². The fourth-order valence-electron chi connectivity index (χ4n) is 4.72. The highest BCUT2D eigenvalue weighted by Gasteiger charge is 2.31. The molecule has 1 saturated carbocycles. The lowest BCUT2D eigenvalue weighted by molar-refractivity contribution is -0.134. The van der Waals surface area contributed by atoms with Crippen LogP contribution >= 0.6 is 0 Å². The van der Waals surface area contributed by atoms with Gasteiger partial charge in [0.05, 0.1) is 0 Å². The number of hydrogen-bond acceptors (Lipinski definition) is 5. The summed E-state index contributed by atoms with van der Waals surface area (Å²) < 4.78 is 5.32. The van der Waals surface area contributed by atoms with Crippen molar-refractivity contribution >= 4 is 11.7 Å². The molecule has 0 aromatic carbocycles. The summed E-state index contributed by atoms with van der Waals surface area (Å²) in [7, 11) is 0. The van der Waals surface area contributed by atoms with Crippen LogP contribution in [0.1, 0.15) is 80.5 Å². The first-order chi connectivity index (χ1) is 13.6. The smallest absolute Gasteiger partial charge is 0.222 e. The molecule has 154 valence electrons. The zero-order valence-corrected chi connectivity index (χ0v) is 17.0. The van der Waals surface area contributed by atoms with Crippen molar-refractivity contribution in [3.8, 4) is 0 Å². The first-order valence-electron chi connectivity index (χ1n) is 11.1.